The van der Waals surface area contributed by atoms with Crippen LogP contribution < -0.4 is 4.74 Å². The summed E-state index contributed by atoms with van der Waals surface area (Å²) >= 11 is 6.19. The first-order valence-corrected chi connectivity index (χ1v) is 9.80. The molecule has 2 unspecified atom stereocenters. The van der Waals surface area contributed by atoms with Crippen LogP contribution in [0.3, 0.4) is 0 Å². The number of ether oxygens (including phenoxy) is 2. The Bertz CT molecular complexity index is 634. The molecule has 26 heavy (non-hydrogen) atoms. The van der Waals surface area contributed by atoms with Crippen LogP contribution in [0.2, 0.25) is 5.02 Å². The zero-order valence-electron chi connectivity index (χ0n) is 16.5. The highest BCUT2D eigenvalue weighted by molar-refractivity contribution is 6.31. The van der Waals surface area contributed by atoms with E-state index in [0.717, 1.165) is 35.5 Å². The monoisotopic (exact) mass is 378 g/mol. The van der Waals surface area contributed by atoms with E-state index in [-0.39, 0.29) is 6.10 Å². The molecule has 1 aliphatic heterocycles. The topological polar surface area (TPSA) is 38.7 Å². The third-order valence-corrected chi connectivity index (χ3v) is 4.18. The van der Waals surface area contributed by atoms with E-state index in [4.69, 9.17) is 21.1 Å². The number of hydrogen-bond acceptors (Lipinski definition) is 3. The normalized spacial score (nSPS) is 16.7. The summed E-state index contributed by atoms with van der Waals surface area (Å²) in [4.78, 5) is 0. The number of rotatable bonds is 4. The second kappa shape index (κ2) is 11.9. The van der Waals surface area contributed by atoms with Crippen molar-refractivity contribution in [3.05, 3.63) is 64.2 Å². The van der Waals surface area contributed by atoms with E-state index in [1.165, 1.54) is 0 Å². The molecule has 0 saturated carbocycles. The zero-order chi connectivity index (χ0) is 19.5. The lowest BCUT2D eigenvalue weighted by atomic mass is 10.00. The fraction of sp³-hybridized carbons (Fsp3) is 0.455. The first-order valence-electron chi connectivity index (χ1n) is 9.42. The van der Waals surface area contributed by atoms with Crippen LogP contribution in [0.4, 0.5) is 0 Å². The van der Waals surface area contributed by atoms with E-state index in [9.17, 15) is 5.11 Å². The summed E-state index contributed by atoms with van der Waals surface area (Å²) in [6, 6.07) is 13.1. The van der Waals surface area contributed by atoms with Crippen molar-refractivity contribution >= 4 is 11.6 Å². The fourth-order valence-corrected chi connectivity index (χ4v) is 2.80. The van der Waals surface area contributed by atoms with Crippen molar-refractivity contribution in [1.29, 1.82) is 0 Å². The largest absolute Gasteiger partial charge is 0.488 e. The predicted molar refractivity (Wildman–Crippen MR) is 109 cm³/mol. The van der Waals surface area contributed by atoms with Gasteiger partial charge in [-0.3, -0.25) is 0 Å². The van der Waals surface area contributed by atoms with Crippen LogP contribution in [0.1, 0.15) is 56.9 Å². The minimum absolute atomic E-state index is 0.127. The Kier molecular flexibility index (Phi) is 10.3. The van der Waals surface area contributed by atoms with Crippen molar-refractivity contribution in [1.82, 2.24) is 0 Å². The van der Waals surface area contributed by atoms with Gasteiger partial charge in [-0.2, -0.15) is 0 Å². The third kappa shape index (κ3) is 6.31. The molecule has 2 aromatic rings. The molecule has 0 aliphatic carbocycles. The summed E-state index contributed by atoms with van der Waals surface area (Å²) < 4.78 is 11.1. The number of aryl methyl sites for hydroxylation is 1. The van der Waals surface area contributed by atoms with Gasteiger partial charge in [0.1, 0.15) is 18.0 Å². The second-order valence-electron chi connectivity index (χ2n) is 5.60. The Morgan fingerprint density at radius 3 is 2.31 bits per heavy atom. The van der Waals surface area contributed by atoms with E-state index < -0.39 is 6.10 Å². The van der Waals surface area contributed by atoms with Gasteiger partial charge >= 0.3 is 0 Å². The van der Waals surface area contributed by atoms with Gasteiger partial charge in [0.25, 0.3) is 0 Å². The molecule has 1 saturated heterocycles. The highest BCUT2D eigenvalue weighted by atomic mass is 35.5. The van der Waals surface area contributed by atoms with Crippen LogP contribution in [0.15, 0.2) is 42.5 Å². The lowest BCUT2D eigenvalue weighted by molar-refractivity contribution is 0.141. The Morgan fingerprint density at radius 2 is 1.73 bits per heavy atom. The standard InChI is InChI=1S/C18H19ClO3.2C2H6/c1-12-2-7-17(19)16(10-12)18(20)13-3-5-14(6-4-13)22-15-8-9-21-11-15;2*1-2/h2-7,10,15,18,20H,8-9,11H2,1H3;2*1-2H3. The smallest absolute Gasteiger partial charge is 0.124 e. The number of halogens is 1. The number of hydrogen-bond donors (Lipinski definition) is 1. The van der Waals surface area contributed by atoms with E-state index >= 15 is 0 Å². The van der Waals surface area contributed by atoms with Gasteiger partial charge in [0.2, 0.25) is 0 Å². The fourth-order valence-electron chi connectivity index (χ4n) is 2.58. The van der Waals surface area contributed by atoms with Gasteiger partial charge in [0, 0.05) is 17.0 Å². The lowest BCUT2D eigenvalue weighted by Crippen LogP contribution is -2.15. The van der Waals surface area contributed by atoms with Gasteiger partial charge in [-0.1, -0.05) is 69.1 Å². The van der Waals surface area contributed by atoms with Crippen LogP contribution in [0.25, 0.3) is 0 Å². The maximum absolute atomic E-state index is 10.5. The van der Waals surface area contributed by atoms with E-state index in [1.807, 2.05) is 77.1 Å². The van der Waals surface area contributed by atoms with Crippen LogP contribution in [0.5, 0.6) is 5.75 Å². The average Bonchev–Trinajstić information content (AvgIpc) is 3.20. The lowest BCUT2D eigenvalue weighted by Gasteiger charge is -2.16. The molecular formula is C22H31ClO3. The van der Waals surface area contributed by atoms with Crippen molar-refractivity contribution < 1.29 is 14.6 Å². The summed E-state index contributed by atoms with van der Waals surface area (Å²) in [5.41, 5.74) is 2.58. The SMILES string of the molecule is CC.CC.Cc1ccc(Cl)c(C(O)c2ccc(OC3CCOC3)cc2)c1. The van der Waals surface area contributed by atoms with Crippen molar-refractivity contribution in [3.8, 4) is 5.75 Å². The maximum atomic E-state index is 10.5. The van der Waals surface area contributed by atoms with Crippen molar-refractivity contribution in [2.45, 2.75) is 53.2 Å². The molecule has 1 heterocycles. The maximum Gasteiger partial charge on any atom is 0.124 e. The summed E-state index contributed by atoms with van der Waals surface area (Å²) in [7, 11) is 0. The predicted octanol–water partition coefficient (Wildman–Crippen LogP) is 5.95. The number of benzene rings is 2. The van der Waals surface area contributed by atoms with Crippen molar-refractivity contribution in [3.63, 3.8) is 0 Å². The van der Waals surface area contributed by atoms with Crippen molar-refractivity contribution in [2.75, 3.05) is 13.2 Å². The van der Waals surface area contributed by atoms with Crippen molar-refractivity contribution in [2.24, 2.45) is 0 Å². The highest BCUT2D eigenvalue weighted by Gasteiger charge is 2.18. The molecule has 2 atom stereocenters. The van der Waals surface area contributed by atoms with Gasteiger partial charge in [0.05, 0.1) is 13.2 Å². The molecular weight excluding hydrogens is 348 g/mol. The van der Waals surface area contributed by atoms with Gasteiger partial charge in [-0.15, -0.1) is 0 Å². The Balaban J connectivity index is 0.000000791. The molecule has 1 aliphatic rings. The van der Waals surface area contributed by atoms with E-state index in [1.54, 1.807) is 0 Å². The van der Waals surface area contributed by atoms with Crippen LogP contribution in [-0.4, -0.2) is 24.4 Å². The molecule has 1 fully saturated rings. The quantitative estimate of drug-likeness (QED) is 0.714. The van der Waals surface area contributed by atoms with Gasteiger partial charge in [0.15, 0.2) is 0 Å². The molecule has 3 rings (SSSR count). The Hall–Kier alpha value is -1.55. The Labute approximate surface area is 162 Å². The first kappa shape index (κ1) is 22.5. The molecule has 4 heteroatoms. The van der Waals surface area contributed by atoms with E-state index in [2.05, 4.69) is 0 Å². The third-order valence-electron chi connectivity index (χ3n) is 3.83. The first-order chi connectivity index (χ1) is 12.6. The highest BCUT2D eigenvalue weighted by Crippen LogP contribution is 2.30. The number of aliphatic hydroxyl groups is 1. The van der Waals surface area contributed by atoms with Gasteiger partial charge in [-0.25, -0.2) is 0 Å². The summed E-state index contributed by atoms with van der Waals surface area (Å²) in [6.45, 7) is 11.4. The molecule has 0 radical (unpaired) electrons. The van der Waals surface area contributed by atoms with Crippen LogP contribution in [0, 0.1) is 6.92 Å². The number of aliphatic hydroxyl groups excluding tert-OH is 1. The van der Waals surface area contributed by atoms with Gasteiger partial charge in [-0.05, 0) is 30.7 Å². The minimum atomic E-state index is -0.740. The molecule has 0 spiro atoms. The Morgan fingerprint density at radius 1 is 1.08 bits per heavy atom. The summed E-state index contributed by atoms with van der Waals surface area (Å²) in [5.74, 6) is 0.793. The average molecular weight is 379 g/mol. The molecule has 0 bridgehead atoms. The molecule has 0 amide bonds. The zero-order valence-corrected chi connectivity index (χ0v) is 17.2. The van der Waals surface area contributed by atoms with E-state index in [0.29, 0.717) is 11.6 Å². The minimum Gasteiger partial charge on any atom is -0.488 e. The molecule has 2 aromatic carbocycles. The van der Waals surface area contributed by atoms with Gasteiger partial charge < -0.3 is 14.6 Å². The molecule has 144 valence electrons. The summed E-state index contributed by atoms with van der Waals surface area (Å²) in [6.07, 6.45) is 0.307. The van der Waals surface area contributed by atoms with Crippen LogP contribution >= 0.6 is 11.6 Å². The molecule has 1 N–H and O–H groups in total. The summed E-state index contributed by atoms with van der Waals surface area (Å²) in [5, 5.41) is 11.1. The molecule has 0 aromatic heterocycles. The second-order valence-corrected chi connectivity index (χ2v) is 6.01. The molecule has 3 nitrogen and oxygen atoms in total. The van der Waals surface area contributed by atoms with Crippen LogP contribution in [-0.2, 0) is 4.74 Å².